The second-order valence-corrected chi connectivity index (χ2v) is 6.85. The zero-order chi connectivity index (χ0) is 18.6. The Morgan fingerprint density at radius 3 is 2.36 bits per heavy atom. The highest BCUT2D eigenvalue weighted by Crippen LogP contribution is 2.16. The highest BCUT2D eigenvalue weighted by atomic mass is 16.5. The first kappa shape index (κ1) is 18.9. The molecule has 1 aromatic carbocycles. The predicted octanol–water partition coefficient (Wildman–Crippen LogP) is 3.43. The number of nitrogens with zero attached hydrogens (tertiary/aromatic N) is 2. The highest BCUT2D eigenvalue weighted by Gasteiger charge is 2.17. The summed E-state index contributed by atoms with van der Waals surface area (Å²) < 4.78 is 7.10. The van der Waals surface area contributed by atoms with Crippen LogP contribution in [0.25, 0.3) is 0 Å². The maximum Gasteiger partial charge on any atom is 0.310 e. The van der Waals surface area contributed by atoms with Gasteiger partial charge in [0, 0.05) is 23.4 Å². The SMILES string of the molecule is Cc1ccc(C(=O)COC(=O)Cc2c(C)nn(CC(C)C)c2C)cc1. The van der Waals surface area contributed by atoms with Crippen LogP contribution in [0.2, 0.25) is 0 Å². The van der Waals surface area contributed by atoms with Gasteiger partial charge >= 0.3 is 5.97 Å². The Bertz CT molecular complexity index is 758. The molecule has 2 rings (SSSR count). The molecule has 25 heavy (non-hydrogen) atoms. The van der Waals surface area contributed by atoms with Gasteiger partial charge in [-0.25, -0.2) is 0 Å². The van der Waals surface area contributed by atoms with Crippen LogP contribution in [0.1, 0.15) is 46.7 Å². The molecule has 0 N–H and O–H groups in total. The van der Waals surface area contributed by atoms with Crippen molar-refractivity contribution in [3.8, 4) is 0 Å². The molecule has 0 bridgehead atoms. The summed E-state index contributed by atoms with van der Waals surface area (Å²) in [7, 11) is 0. The summed E-state index contributed by atoms with van der Waals surface area (Å²) >= 11 is 0. The number of aryl methyl sites for hydroxylation is 2. The van der Waals surface area contributed by atoms with Crippen molar-refractivity contribution >= 4 is 11.8 Å². The van der Waals surface area contributed by atoms with Gasteiger partial charge in [0.15, 0.2) is 12.4 Å². The lowest BCUT2D eigenvalue weighted by atomic mass is 10.1. The monoisotopic (exact) mass is 342 g/mol. The summed E-state index contributed by atoms with van der Waals surface area (Å²) in [6, 6.07) is 7.22. The molecule has 0 atom stereocenters. The summed E-state index contributed by atoms with van der Waals surface area (Å²) in [5, 5.41) is 4.50. The average Bonchev–Trinajstić information content (AvgIpc) is 2.80. The Kier molecular flexibility index (Phi) is 6.12. The molecule has 1 heterocycles. The van der Waals surface area contributed by atoms with Gasteiger partial charge in [0.1, 0.15) is 0 Å². The van der Waals surface area contributed by atoms with Crippen molar-refractivity contribution in [3.63, 3.8) is 0 Å². The first-order chi connectivity index (χ1) is 11.8. The third-order valence-corrected chi connectivity index (χ3v) is 4.13. The quantitative estimate of drug-likeness (QED) is 0.571. The zero-order valence-corrected chi connectivity index (χ0v) is 15.6. The number of hydrogen-bond acceptors (Lipinski definition) is 4. The van der Waals surface area contributed by atoms with E-state index in [1.54, 1.807) is 12.1 Å². The number of esters is 1. The predicted molar refractivity (Wildman–Crippen MR) is 96.7 cm³/mol. The van der Waals surface area contributed by atoms with Crippen LogP contribution in [0.15, 0.2) is 24.3 Å². The standard InChI is InChI=1S/C20H26N2O3/c1-13(2)11-22-16(5)18(15(4)21-22)10-20(24)25-12-19(23)17-8-6-14(3)7-9-17/h6-9,13H,10-12H2,1-5H3. The van der Waals surface area contributed by atoms with E-state index in [1.165, 1.54) is 0 Å². The van der Waals surface area contributed by atoms with Crippen molar-refractivity contribution in [2.24, 2.45) is 5.92 Å². The van der Waals surface area contributed by atoms with Crippen LogP contribution in [0.5, 0.6) is 0 Å². The number of Topliss-reactive ketones (excluding diaryl/α,β-unsaturated/α-hetero) is 1. The fraction of sp³-hybridized carbons (Fsp3) is 0.450. The van der Waals surface area contributed by atoms with Gasteiger partial charge in [-0.2, -0.15) is 5.10 Å². The Hall–Kier alpha value is -2.43. The Morgan fingerprint density at radius 1 is 1.12 bits per heavy atom. The zero-order valence-electron chi connectivity index (χ0n) is 15.6. The third kappa shape index (κ3) is 5.02. The van der Waals surface area contributed by atoms with Crippen LogP contribution in [0, 0.1) is 26.7 Å². The van der Waals surface area contributed by atoms with Crippen molar-refractivity contribution in [2.45, 2.75) is 47.6 Å². The van der Waals surface area contributed by atoms with Crippen LogP contribution >= 0.6 is 0 Å². The molecular weight excluding hydrogens is 316 g/mol. The molecule has 1 aromatic heterocycles. The molecule has 0 saturated heterocycles. The fourth-order valence-electron chi connectivity index (χ4n) is 2.68. The van der Waals surface area contributed by atoms with E-state index in [0.717, 1.165) is 29.1 Å². The van der Waals surface area contributed by atoms with Crippen LogP contribution < -0.4 is 0 Å². The summed E-state index contributed by atoms with van der Waals surface area (Å²) in [6.45, 7) is 10.6. The summed E-state index contributed by atoms with van der Waals surface area (Å²) in [5.41, 5.74) is 4.33. The van der Waals surface area contributed by atoms with Gasteiger partial charge in [0.05, 0.1) is 12.1 Å². The second kappa shape index (κ2) is 8.10. The summed E-state index contributed by atoms with van der Waals surface area (Å²) in [4.78, 5) is 24.2. The van der Waals surface area contributed by atoms with Gasteiger partial charge in [-0.3, -0.25) is 14.3 Å². The lowest BCUT2D eigenvalue weighted by Gasteiger charge is -2.08. The van der Waals surface area contributed by atoms with Gasteiger partial charge in [0.2, 0.25) is 0 Å². The molecular formula is C20H26N2O3. The summed E-state index contributed by atoms with van der Waals surface area (Å²) in [5.74, 6) is -0.127. The normalized spacial score (nSPS) is 11.0. The largest absolute Gasteiger partial charge is 0.457 e. The molecule has 0 amide bonds. The molecule has 134 valence electrons. The second-order valence-electron chi connectivity index (χ2n) is 6.85. The topological polar surface area (TPSA) is 61.2 Å². The maximum atomic E-state index is 12.1. The Labute approximate surface area is 149 Å². The number of ether oxygens (including phenoxy) is 1. The third-order valence-electron chi connectivity index (χ3n) is 4.13. The van der Waals surface area contributed by atoms with E-state index < -0.39 is 5.97 Å². The Balaban J connectivity index is 1.95. The number of carbonyl (C=O) groups is 2. The van der Waals surface area contributed by atoms with E-state index in [4.69, 9.17) is 4.74 Å². The molecule has 5 heteroatoms. The smallest absolute Gasteiger partial charge is 0.310 e. The lowest BCUT2D eigenvalue weighted by molar-refractivity contribution is -0.141. The highest BCUT2D eigenvalue weighted by molar-refractivity contribution is 5.98. The van der Waals surface area contributed by atoms with Gasteiger partial charge in [0.25, 0.3) is 0 Å². The van der Waals surface area contributed by atoms with Crippen molar-refractivity contribution in [3.05, 3.63) is 52.3 Å². The molecule has 0 fully saturated rings. The number of hydrogen-bond donors (Lipinski definition) is 0. The van der Waals surface area contributed by atoms with Crippen LogP contribution in [-0.2, 0) is 22.5 Å². The van der Waals surface area contributed by atoms with Crippen LogP contribution in [0.3, 0.4) is 0 Å². The van der Waals surface area contributed by atoms with Crippen LogP contribution in [0.4, 0.5) is 0 Å². The van der Waals surface area contributed by atoms with E-state index in [2.05, 4.69) is 18.9 Å². The van der Waals surface area contributed by atoms with E-state index in [-0.39, 0.29) is 18.8 Å². The average molecular weight is 342 g/mol. The number of aromatic nitrogens is 2. The van der Waals surface area contributed by atoms with Crippen molar-refractivity contribution in [1.29, 1.82) is 0 Å². The van der Waals surface area contributed by atoms with Gasteiger partial charge in [-0.1, -0.05) is 43.7 Å². The molecule has 5 nitrogen and oxygen atoms in total. The minimum atomic E-state index is -0.407. The number of benzene rings is 1. The first-order valence-electron chi connectivity index (χ1n) is 8.56. The van der Waals surface area contributed by atoms with Gasteiger partial charge in [-0.15, -0.1) is 0 Å². The van der Waals surface area contributed by atoms with E-state index >= 15 is 0 Å². The minimum absolute atomic E-state index is 0.136. The van der Waals surface area contributed by atoms with Crippen molar-refractivity contribution in [1.82, 2.24) is 9.78 Å². The van der Waals surface area contributed by atoms with Crippen molar-refractivity contribution < 1.29 is 14.3 Å². The molecule has 0 aliphatic heterocycles. The van der Waals surface area contributed by atoms with E-state index in [9.17, 15) is 9.59 Å². The molecule has 0 radical (unpaired) electrons. The maximum absolute atomic E-state index is 12.1. The van der Waals surface area contributed by atoms with Gasteiger partial charge in [-0.05, 0) is 26.7 Å². The minimum Gasteiger partial charge on any atom is -0.457 e. The molecule has 2 aromatic rings. The van der Waals surface area contributed by atoms with Crippen LogP contribution in [-0.4, -0.2) is 28.1 Å². The molecule has 0 unspecified atom stereocenters. The van der Waals surface area contributed by atoms with E-state index in [0.29, 0.717) is 11.5 Å². The molecule has 0 saturated carbocycles. The Morgan fingerprint density at radius 2 is 1.76 bits per heavy atom. The molecule has 0 aliphatic rings. The molecule has 0 spiro atoms. The number of rotatable bonds is 7. The lowest BCUT2D eigenvalue weighted by Crippen LogP contribution is -2.16. The first-order valence-corrected chi connectivity index (χ1v) is 8.56. The fourth-order valence-corrected chi connectivity index (χ4v) is 2.68. The van der Waals surface area contributed by atoms with Gasteiger partial charge < -0.3 is 4.74 Å². The van der Waals surface area contributed by atoms with E-state index in [1.807, 2.05) is 37.6 Å². The number of ketones is 1. The summed E-state index contributed by atoms with van der Waals surface area (Å²) in [6.07, 6.45) is 0.136. The number of carbonyl (C=O) groups excluding carboxylic acids is 2. The molecule has 0 aliphatic carbocycles. The van der Waals surface area contributed by atoms with Crippen molar-refractivity contribution in [2.75, 3.05) is 6.61 Å².